The lowest BCUT2D eigenvalue weighted by molar-refractivity contribution is -0.141. The number of hydrogen-bond acceptors (Lipinski definition) is 4. The molecule has 3 nitrogen and oxygen atoms in total. The first-order valence-electron chi connectivity index (χ1n) is 4.64. The van der Waals surface area contributed by atoms with E-state index in [2.05, 4.69) is 0 Å². The normalized spacial score (nSPS) is 25.1. The van der Waals surface area contributed by atoms with Gasteiger partial charge in [0.05, 0.1) is 6.61 Å². The van der Waals surface area contributed by atoms with Crippen molar-refractivity contribution >= 4 is 11.3 Å². The molecule has 14 heavy (non-hydrogen) atoms. The molecule has 1 aromatic rings. The predicted octanol–water partition coefficient (Wildman–Crippen LogP) is 2.28. The summed E-state index contributed by atoms with van der Waals surface area (Å²) in [6.07, 6.45) is 0.0482. The third-order valence-corrected chi connectivity index (χ3v) is 2.75. The van der Waals surface area contributed by atoms with E-state index in [1.54, 1.807) is 11.3 Å². The first-order chi connectivity index (χ1) is 6.66. The van der Waals surface area contributed by atoms with E-state index in [0.717, 1.165) is 5.06 Å². The molecule has 0 N–H and O–H groups in total. The van der Waals surface area contributed by atoms with Crippen molar-refractivity contribution in [2.45, 2.75) is 25.7 Å². The summed E-state index contributed by atoms with van der Waals surface area (Å²) in [6, 6.07) is 3.92. The molecule has 0 aliphatic carbocycles. The lowest BCUT2D eigenvalue weighted by Gasteiger charge is -2.16. The first-order valence-corrected chi connectivity index (χ1v) is 5.52. The van der Waals surface area contributed by atoms with Crippen molar-refractivity contribution in [3.05, 3.63) is 17.5 Å². The number of hydrogen-bond donors (Lipinski definition) is 0. The molecule has 1 atom stereocenters. The molecule has 1 unspecified atom stereocenters. The smallest absolute Gasteiger partial charge is 0.173 e. The Bertz CT molecular complexity index is 282. The number of thiophene rings is 1. The zero-order chi connectivity index (χ0) is 10.0. The van der Waals surface area contributed by atoms with Gasteiger partial charge in [-0.15, -0.1) is 11.3 Å². The highest BCUT2D eigenvalue weighted by molar-refractivity contribution is 7.11. The maximum Gasteiger partial charge on any atom is 0.173 e. The van der Waals surface area contributed by atoms with E-state index in [1.807, 2.05) is 31.4 Å². The topological polar surface area (TPSA) is 27.7 Å². The Morgan fingerprint density at radius 3 is 3.07 bits per heavy atom. The van der Waals surface area contributed by atoms with Gasteiger partial charge >= 0.3 is 0 Å². The van der Waals surface area contributed by atoms with Gasteiger partial charge in [-0.05, 0) is 31.4 Å². The number of ether oxygens (including phenoxy) is 3. The van der Waals surface area contributed by atoms with Gasteiger partial charge in [0.1, 0.15) is 12.7 Å². The Labute approximate surface area is 87.6 Å². The van der Waals surface area contributed by atoms with Crippen LogP contribution in [0.5, 0.6) is 5.06 Å². The molecule has 0 spiro atoms. The fraction of sp³-hybridized carbons (Fsp3) is 0.600. The van der Waals surface area contributed by atoms with Crippen LogP contribution in [-0.2, 0) is 9.47 Å². The quantitative estimate of drug-likeness (QED) is 0.772. The highest BCUT2D eigenvalue weighted by Crippen LogP contribution is 2.24. The summed E-state index contributed by atoms with van der Waals surface area (Å²) in [5, 5.41) is 2.92. The van der Waals surface area contributed by atoms with E-state index in [4.69, 9.17) is 14.2 Å². The summed E-state index contributed by atoms with van der Waals surface area (Å²) in [5.41, 5.74) is 0. The summed E-state index contributed by atoms with van der Waals surface area (Å²) < 4.78 is 16.6. The zero-order valence-corrected chi connectivity index (χ0v) is 9.17. The maximum absolute atomic E-state index is 5.60. The fourth-order valence-corrected chi connectivity index (χ4v) is 1.95. The van der Waals surface area contributed by atoms with Crippen LogP contribution in [0.4, 0.5) is 0 Å². The third kappa shape index (κ3) is 2.47. The Balaban J connectivity index is 1.78. The molecule has 2 heterocycles. The Kier molecular flexibility index (Phi) is 2.76. The Morgan fingerprint density at radius 2 is 2.50 bits per heavy atom. The van der Waals surface area contributed by atoms with E-state index >= 15 is 0 Å². The molecular weight excluding hydrogens is 200 g/mol. The predicted molar refractivity (Wildman–Crippen MR) is 54.7 cm³/mol. The molecular formula is C10H14O3S. The van der Waals surface area contributed by atoms with E-state index < -0.39 is 5.79 Å². The second kappa shape index (κ2) is 3.88. The highest BCUT2D eigenvalue weighted by atomic mass is 32.1. The second-order valence-corrected chi connectivity index (χ2v) is 4.60. The fourth-order valence-electron chi connectivity index (χ4n) is 1.37. The van der Waals surface area contributed by atoms with Gasteiger partial charge in [0, 0.05) is 0 Å². The first kappa shape index (κ1) is 9.96. The third-order valence-electron chi connectivity index (χ3n) is 1.97. The molecule has 2 rings (SSSR count). The Hall–Kier alpha value is -0.580. The van der Waals surface area contributed by atoms with Crippen molar-refractivity contribution in [2.75, 3.05) is 13.2 Å². The van der Waals surface area contributed by atoms with Gasteiger partial charge in [-0.2, -0.15) is 0 Å². The van der Waals surface area contributed by atoms with Crippen LogP contribution < -0.4 is 4.74 Å². The molecule has 1 aliphatic rings. The molecule has 0 saturated carbocycles. The van der Waals surface area contributed by atoms with Crippen molar-refractivity contribution in [3.8, 4) is 5.06 Å². The standard InChI is InChI=1S/C10H14O3S/c1-10(2)12-7-8(13-10)6-11-9-4-3-5-14-9/h3-5,8H,6-7H2,1-2H3. The average molecular weight is 214 g/mol. The van der Waals surface area contributed by atoms with Gasteiger partial charge in [-0.1, -0.05) is 0 Å². The average Bonchev–Trinajstić information content (AvgIpc) is 2.70. The second-order valence-electron chi connectivity index (χ2n) is 3.69. The molecule has 1 aliphatic heterocycles. The Morgan fingerprint density at radius 1 is 1.64 bits per heavy atom. The van der Waals surface area contributed by atoms with Gasteiger partial charge in [0.15, 0.2) is 10.9 Å². The zero-order valence-electron chi connectivity index (χ0n) is 8.36. The van der Waals surface area contributed by atoms with E-state index in [1.165, 1.54) is 0 Å². The lowest BCUT2D eigenvalue weighted by atomic mass is 10.4. The molecule has 0 amide bonds. The van der Waals surface area contributed by atoms with E-state index in [0.29, 0.717) is 13.2 Å². The summed E-state index contributed by atoms with van der Waals surface area (Å²) in [4.78, 5) is 0. The van der Waals surface area contributed by atoms with Crippen LogP contribution in [-0.4, -0.2) is 25.1 Å². The van der Waals surface area contributed by atoms with Crippen LogP contribution in [0.15, 0.2) is 17.5 Å². The van der Waals surface area contributed by atoms with Crippen molar-refractivity contribution in [2.24, 2.45) is 0 Å². The molecule has 0 radical (unpaired) electrons. The summed E-state index contributed by atoms with van der Waals surface area (Å²) >= 11 is 1.59. The largest absolute Gasteiger partial charge is 0.481 e. The summed E-state index contributed by atoms with van der Waals surface area (Å²) in [5.74, 6) is -0.455. The van der Waals surface area contributed by atoms with Gasteiger partial charge in [-0.25, -0.2) is 0 Å². The van der Waals surface area contributed by atoms with Crippen LogP contribution in [0.1, 0.15) is 13.8 Å². The summed E-state index contributed by atoms with van der Waals surface area (Å²) in [7, 11) is 0. The van der Waals surface area contributed by atoms with Crippen LogP contribution in [0.25, 0.3) is 0 Å². The minimum absolute atomic E-state index is 0.0482. The van der Waals surface area contributed by atoms with E-state index in [9.17, 15) is 0 Å². The van der Waals surface area contributed by atoms with Crippen LogP contribution in [0.3, 0.4) is 0 Å². The maximum atomic E-state index is 5.60. The lowest BCUT2D eigenvalue weighted by Crippen LogP contribution is -2.24. The van der Waals surface area contributed by atoms with Crippen LogP contribution in [0.2, 0.25) is 0 Å². The molecule has 1 aromatic heterocycles. The molecule has 0 bridgehead atoms. The van der Waals surface area contributed by atoms with Gasteiger partial charge < -0.3 is 14.2 Å². The highest BCUT2D eigenvalue weighted by Gasteiger charge is 2.32. The monoisotopic (exact) mass is 214 g/mol. The SMILES string of the molecule is CC1(C)OCC(COc2cccs2)O1. The van der Waals surface area contributed by atoms with Gasteiger partial charge in [0.2, 0.25) is 0 Å². The number of rotatable bonds is 3. The molecule has 4 heteroatoms. The van der Waals surface area contributed by atoms with Gasteiger partial charge in [-0.3, -0.25) is 0 Å². The minimum atomic E-state index is -0.455. The van der Waals surface area contributed by atoms with E-state index in [-0.39, 0.29) is 6.10 Å². The van der Waals surface area contributed by atoms with Crippen LogP contribution in [0, 0.1) is 0 Å². The summed E-state index contributed by atoms with van der Waals surface area (Å²) in [6.45, 7) is 5.00. The van der Waals surface area contributed by atoms with Crippen molar-refractivity contribution in [3.63, 3.8) is 0 Å². The van der Waals surface area contributed by atoms with Crippen molar-refractivity contribution in [1.82, 2.24) is 0 Å². The van der Waals surface area contributed by atoms with Crippen LogP contribution >= 0.6 is 11.3 Å². The molecule has 1 fully saturated rings. The molecule has 0 aromatic carbocycles. The minimum Gasteiger partial charge on any atom is -0.481 e. The van der Waals surface area contributed by atoms with Gasteiger partial charge in [0.25, 0.3) is 0 Å². The van der Waals surface area contributed by atoms with Crippen molar-refractivity contribution < 1.29 is 14.2 Å². The molecule has 1 saturated heterocycles. The molecule has 78 valence electrons. The van der Waals surface area contributed by atoms with Crippen molar-refractivity contribution in [1.29, 1.82) is 0 Å².